The molecule has 0 bridgehead atoms. The molecule has 0 aromatic carbocycles. The fraction of sp³-hybridized carbons (Fsp3) is 0.800. The first-order chi connectivity index (χ1) is 9.82. The summed E-state index contributed by atoms with van der Waals surface area (Å²) in [5, 5.41) is 0. The van der Waals surface area contributed by atoms with Gasteiger partial charge in [-0.05, 0) is 83.0 Å². The van der Waals surface area contributed by atoms with E-state index < -0.39 is 0 Å². The van der Waals surface area contributed by atoms with E-state index in [4.69, 9.17) is 4.74 Å². The normalized spacial score (nSPS) is 44.5. The summed E-state index contributed by atoms with van der Waals surface area (Å²) in [6.45, 7) is 13.7. The van der Waals surface area contributed by atoms with Crippen LogP contribution in [-0.4, -0.2) is 11.7 Å². The number of epoxide rings is 1. The fourth-order valence-corrected chi connectivity index (χ4v) is 4.76. The van der Waals surface area contributed by atoms with Gasteiger partial charge in [0, 0.05) is 0 Å². The molecule has 0 N–H and O–H groups in total. The van der Waals surface area contributed by atoms with Crippen LogP contribution in [0, 0.1) is 17.3 Å². The van der Waals surface area contributed by atoms with Crippen molar-refractivity contribution in [3.63, 3.8) is 0 Å². The topological polar surface area (TPSA) is 12.5 Å². The molecule has 2 aliphatic carbocycles. The van der Waals surface area contributed by atoms with Crippen molar-refractivity contribution in [3.05, 3.63) is 23.8 Å². The molecule has 1 nitrogen and oxygen atoms in total. The standard InChI is InChI=1S/C20H32O/c1-14-7-6-8-15(2)16-13-20(5,17(16)10-9-14)12-11-18-19(3,4)21-18/h7,16-18H,2,6,8-13H2,1,3-5H3/b14-7+/t16-,17-,18-,20-/m1/s1. The van der Waals surface area contributed by atoms with Crippen molar-refractivity contribution in [2.24, 2.45) is 17.3 Å². The van der Waals surface area contributed by atoms with Gasteiger partial charge in [0.05, 0.1) is 11.7 Å². The number of ether oxygens (including phenoxy) is 1. The van der Waals surface area contributed by atoms with Crippen molar-refractivity contribution in [2.75, 3.05) is 0 Å². The third-order valence-corrected chi connectivity index (χ3v) is 6.54. The molecule has 21 heavy (non-hydrogen) atoms. The van der Waals surface area contributed by atoms with E-state index >= 15 is 0 Å². The average Bonchev–Trinajstić information content (AvgIpc) is 2.99. The lowest BCUT2D eigenvalue weighted by Gasteiger charge is -2.55. The van der Waals surface area contributed by atoms with E-state index in [-0.39, 0.29) is 5.60 Å². The quantitative estimate of drug-likeness (QED) is 0.482. The van der Waals surface area contributed by atoms with E-state index in [2.05, 4.69) is 40.3 Å². The molecule has 0 aromatic heterocycles. The van der Waals surface area contributed by atoms with E-state index in [1.165, 1.54) is 50.5 Å². The monoisotopic (exact) mass is 288 g/mol. The highest BCUT2D eigenvalue weighted by Gasteiger charge is 2.53. The number of rotatable bonds is 3. The molecular formula is C20H32O. The predicted molar refractivity (Wildman–Crippen MR) is 89.3 cm³/mol. The zero-order chi connectivity index (χ0) is 15.3. The predicted octanol–water partition coefficient (Wildman–Crippen LogP) is 5.66. The Hall–Kier alpha value is -0.560. The van der Waals surface area contributed by atoms with Crippen molar-refractivity contribution < 1.29 is 4.74 Å². The van der Waals surface area contributed by atoms with Crippen LogP contribution in [0.4, 0.5) is 0 Å². The van der Waals surface area contributed by atoms with Crippen molar-refractivity contribution in [1.82, 2.24) is 0 Å². The summed E-state index contributed by atoms with van der Waals surface area (Å²) >= 11 is 0. The molecule has 1 aliphatic heterocycles. The summed E-state index contributed by atoms with van der Waals surface area (Å²) in [6, 6.07) is 0. The molecule has 118 valence electrons. The average molecular weight is 288 g/mol. The molecule has 1 heterocycles. The Morgan fingerprint density at radius 3 is 2.67 bits per heavy atom. The van der Waals surface area contributed by atoms with Crippen LogP contribution in [0.5, 0.6) is 0 Å². The summed E-state index contributed by atoms with van der Waals surface area (Å²) in [5.41, 5.74) is 3.79. The van der Waals surface area contributed by atoms with Gasteiger partial charge in [-0.3, -0.25) is 0 Å². The van der Waals surface area contributed by atoms with E-state index in [1.807, 2.05) is 0 Å². The second-order valence-electron chi connectivity index (χ2n) is 8.61. The highest BCUT2D eigenvalue weighted by Crippen LogP contribution is 2.60. The summed E-state index contributed by atoms with van der Waals surface area (Å²) in [5.74, 6) is 1.65. The molecule has 1 saturated carbocycles. The van der Waals surface area contributed by atoms with Crippen LogP contribution < -0.4 is 0 Å². The van der Waals surface area contributed by atoms with Crippen LogP contribution >= 0.6 is 0 Å². The minimum absolute atomic E-state index is 0.154. The molecule has 0 amide bonds. The minimum Gasteiger partial charge on any atom is -0.367 e. The van der Waals surface area contributed by atoms with Gasteiger partial charge in [-0.2, -0.15) is 0 Å². The van der Waals surface area contributed by atoms with Crippen LogP contribution in [0.25, 0.3) is 0 Å². The Balaban J connectivity index is 1.62. The van der Waals surface area contributed by atoms with Crippen LogP contribution in [-0.2, 0) is 4.74 Å². The summed E-state index contributed by atoms with van der Waals surface area (Å²) in [7, 11) is 0. The lowest BCUT2D eigenvalue weighted by Crippen LogP contribution is -2.46. The van der Waals surface area contributed by atoms with E-state index in [1.54, 1.807) is 5.57 Å². The van der Waals surface area contributed by atoms with E-state index in [0.717, 1.165) is 11.8 Å². The van der Waals surface area contributed by atoms with E-state index in [0.29, 0.717) is 11.5 Å². The number of allylic oxidation sites excluding steroid dienone is 3. The highest BCUT2D eigenvalue weighted by molar-refractivity contribution is 5.17. The zero-order valence-electron chi connectivity index (χ0n) is 14.4. The molecule has 3 rings (SSSR count). The molecule has 0 aromatic rings. The molecule has 0 spiro atoms. The lowest BCUT2D eigenvalue weighted by molar-refractivity contribution is -0.0241. The Morgan fingerprint density at radius 1 is 1.29 bits per heavy atom. The van der Waals surface area contributed by atoms with Crippen molar-refractivity contribution in [2.45, 2.75) is 84.3 Å². The third-order valence-electron chi connectivity index (χ3n) is 6.54. The van der Waals surface area contributed by atoms with Gasteiger partial charge < -0.3 is 4.74 Å². The Bertz CT molecular complexity index is 458. The maximum absolute atomic E-state index is 5.78. The van der Waals surface area contributed by atoms with Gasteiger partial charge >= 0.3 is 0 Å². The van der Waals surface area contributed by atoms with Gasteiger partial charge in [0.15, 0.2) is 0 Å². The molecule has 0 radical (unpaired) electrons. The Kier molecular flexibility index (Phi) is 3.84. The molecule has 0 unspecified atom stereocenters. The molecule has 2 fully saturated rings. The largest absolute Gasteiger partial charge is 0.367 e. The zero-order valence-corrected chi connectivity index (χ0v) is 14.4. The molecule has 3 aliphatic rings. The van der Waals surface area contributed by atoms with Crippen molar-refractivity contribution in [1.29, 1.82) is 0 Å². The minimum atomic E-state index is 0.154. The van der Waals surface area contributed by atoms with Gasteiger partial charge in [-0.25, -0.2) is 0 Å². The summed E-state index contributed by atoms with van der Waals surface area (Å²) in [4.78, 5) is 0. The second kappa shape index (κ2) is 5.26. The SMILES string of the molecule is C=C1CC/C=C(\C)CC[C@@H]2[C@@H]1C[C@@]2(C)CC[C@H]1OC1(C)C. The first-order valence-corrected chi connectivity index (χ1v) is 8.83. The maximum Gasteiger partial charge on any atom is 0.0892 e. The third kappa shape index (κ3) is 2.99. The molecule has 1 heteroatoms. The highest BCUT2D eigenvalue weighted by atomic mass is 16.6. The van der Waals surface area contributed by atoms with Crippen LogP contribution in [0.15, 0.2) is 23.8 Å². The number of hydrogen-bond donors (Lipinski definition) is 0. The van der Waals surface area contributed by atoms with Crippen LogP contribution in [0.2, 0.25) is 0 Å². The Labute approximate surface area is 130 Å². The van der Waals surface area contributed by atoms with Gasteiger partial charge in [-0.1, -0.05) is 30.7 Å². The molecular weight excluding hydrogens is 256 g/mol. The lowest BCUT2D eigenvalue weighted by atomic mass is 9.50. The Morgan fingerprint density at radius 2 is 2.00 bits per heavy atom. The van der Waals surface area contributed by atoms with Crippen molar-refractivity contribution in [3.8, 4) is 0 Å². The summed E-state index contributed by atoms with van der Waals surface area (Å²) < 4.78 is 5.78. The first-order valence-electron chi connectivity index (χ1n) is 8.83. The smallest absolute Gasteiger partial charge is 0.0892 e. The molecule has 1 saturated heterocycles. The van der Waals surface area contributed by atoms with E-state index in [9.17, 15) is 0 Å². The number of hydrogen-bond acceptors (Lipinski definition) is 1. The van der Waals surface area contributed by atoms with Crippen LogP contribution in [0.1, 0.15) is 72.6 Å². The molecule has 4 atom stereocenters. The van der Waals surface area contributed by atoms with Gasteiger partial charge in [0.1, 0.15) is 0 Å². The van der Waals surface area contributed by atoms with Crippen molar-refractivity contribution >= 4 is 0 Å². The first kappa shape index (κ1) is 15.3. The van der Waals surface area contributed by atoms with Gasteiger partial charge in [0.25, 0.3) is 0 Å². The van der Waals surface area contributed by atoms with Gasteiger partial charge in [0.2, 0.25) is 0 Å². The van der Waals surface area contributed by atoms with Gasteiger partial charge in [-0.15, -0.1) is 0 Å². The fourth-order valence-electron chi connectivity index (χ4n) is 4.76. The summed E-state index contributed by atoms with van der Waals surface area (Å²) in [6.07, 6.45) is 11.9. The maximum atomic E-state index is 5.78. The van der Waals surface area contributed by atoms with Crippen LogP contribution in [0.3, 0.4) is 0 Å². The second-order valence-corrected chi connectivity index (χ2v) is 8.61. The number of fused-ring (bicyclic) bond motifs is 1.